The minimum Gasteiger partial charge on any atom is -0.384 e. The zero-order valence-electron chi connectivity index (χ0n) is 25.3. The van der Waals surface area contributed by atoms with Gasteiger partial charge in [0.1, 0.15) is 11.9 Å². The van der Waals surface area contributed by atoms with Crippen LogP contribution in [0.1, 0.15) is 57.7 Å². The molecule has 3 amide bonds. The molecule has 3 aliphatic rings. The number of likely N-dealkylation sites (tertiary alicyclic amines) is 1. The summed E-state index contributed by atoms with van der Waals surface area (Å²) < 4.78 is 35.7. The summed E-state index contributed by atoms with van der Waals surface area (Å²) in [7, 11) is 0. The Balaban J connectivity index is 1.15. The SMILES string of the molecule is CC(NC(=O)[C@@H]1C[C@]2(COCCN=[N+]=[N-])C[C@@H]2N1C(=O)CNC(=O)c1ccc2c(c1)-c1ccccc1C2(F)F)c1cc(C(=N)N)cs1. The molecule has 2 fully saturated rings. The zero-order valence-corrected chi connectivity index (χ0v) is 26.2. The molecule has 1 aromatic heterocycles. The number of azide groups is 1. The molecule has 0 spiro atoms. The third-order valence-electron chi connectivity index (χ3n) is 9.09. The molecule has 2 heterocycles. The predicted molar refractivity (Wildman–Crippen MR) is 170 cm³/mol. The number of nitrogens with zero attached hydrogens (tertiary/aromatic N) is 4. The maximum Gasteiger partial charge on any atom is 0.299 e. The van der Waals surface area contributed by atoms with E-state index in [0.29, 0.717) is 24.0 Å². The molecule has 4 atom stereocenters. The first-order chi connectivity index (χ1) is 22.5. The highest BCUT2D eigenvalue weighted by Gasteiger charge is 2.67. The minimum atomic E-state index is -3.18. The van der Waals surface area contributed by atoms with Crippen molar-refractivity contribution < 1.29 is 27.9 Å². The van der Waals surface area contributed by atoms with E-state index in [9.17, 15) is 23.2 Å². The van der Waals surface area contributed by atoms with Gasteiger partial charge in [-0.05, 0) is 54.6 Å². The third kappa shape index (κ3) is 5.93. The van der Waals surface area contributed by atoms with Crippen LogP contribution in [0.5, 0.6) is 0 Å². The lowest BCUT2D eigenvalue weighted by Gasteiger charge is -2.28. The molecule has 0 radical (unpaired) electrons. The first-order valence-corrected chi connectivity index (χ1v) is 15.9. The van der Waals surface area contributed by atoms with Gasteiger partial charge < -0.3 is 26.0 Å². The van der Waals surface area contributed by atoms with E-state index in [2.05, 4.69) is 20.7 Å². The van der Waals surface area contributed by atoms with E-state index in [1.54, 1.807) is 36.6 Å². The van der Waals surface area contributed by atoms with Crippen molar-refractivity contribution in [3.8, 4) is 11.1 Å². The molecule has 1 unspecified atom stereocenters. The van der Waals surface area contributed by atoms with Crippen LogP contribution in [0.2, 0.25) is 0 Å². The molecule has 0 bridgehead atoms. The fourth-order valence-electron chi connectivity index (χ4n) is 6.62. The average Bonchev–Trinajstić information content (AvgIpc) is 3.34. The van der Waals surface area contributed by atoms with Gasteiger partial charge in [-0.1, -0.05) is 35.4 Å². The number of hydrogen-bond donors (Lipinski definition) is 4. The molecule has 244 valence electrons. The number of fused-ring (bicyclic) bond motifs is 4. The van der Waals surface area contributed by atoms with Gasteiger partial charge in [-0.3, -0.25) is 19.8 Å². The smallest absolute Gasteiger partial charge is 0.299 e. The summed E-state index contributed by atoms with van der Waals surface area (Å²) in [5.41, 5.74) is 14.6. The second-order valence-electron chi connectivity index (χ2n) is 12.1. The fourth-order valence-corrected chi connectivity index (χ4v) is 7.53. The summed E-state index contributed by atoms with van der Waals surface area (Å²) in [4.78, 5) is 45.5. The van der Waals surface area contributed by atoms with Crippen LogP contribution in [0.3, 0.4) is 0 Å². The summed E-state index contributed by atoms with van der Waals surface area (Å²) >= 11 is 1.36. The van der Waals surface area contributed by atoms with Crippen molar-refractivity contribution in [2.75, 3.05) is 26.3 Å². The van der Waals surface area contributed by atoms with Crippen molar-refractivity contribution in [2.24, 2.45) is 16.3 Å². The van der Waals surface area contributed by atoms with Crippen molar-refractivity contribution in [3.63, 3.8) is 0 Å². The van der Waals surface area contributed by atoms with Crippen LogP contribution in [-0.4, -0.2) is 66.8 Å². The number of thiophene rings is 1. The number of benzene rings is 2. The Labute approximate surface area is 272 Å². The summed E-state index contributed by atoms with van der Waals surface area (Å²) in [6.45, 7) is 2.02. The van der Waals surface area contributed by atoms with Crippen molar-refractivity contribution in [3.05, 3.63) is 91.5 Å². The second-order valence-corrected chi connectivity index (χ2v) is 13.0. The molecule has 6 rings (SSSR count). The van der Waals surface area contributed by atoms with Gasteiger partial charge >= 0.3 is 0 Å². The highest BCUT2D eigenvalue weighted by atomic mass is 32.1. The maximum absolute atomic E-state index is 15.0. The van der Waals surface area contributed by atoms with Gasteiger partial charge in [0.15, 0.2) is 0 Å². The normalized spacial score (nSPS) is 21.9. The number of alkyl halides is 2. The van der Waals surface area contributed by atoms with E-state index in [1.165, 1.54) is 40.5 Å². The van der Waals surface area contributed by atoms with Crippen LogP contribution >= 0.6 is 11.3 Å². The van der Waals surface area contributed by atoms with E-state index in [1.807, 2.05) is 0 Å². The Morgan fingerprint density at radius 2 is 1.94 bits per heavy atom. The van der Waals surface area contributed by atoms with Crippen molar-refractivity contribution in [1.82, 2.24) is 15.5 Å². The highest BCUT2D eigenvalue weighted by Crippen LogP contribution is 2.59. The van der Waals surface area contributed by atoms with Crippen molar-refractivity contribution in [1.29, 1.82) is 5.41 Å². The highest BCUT2D eigenvalue weighted by molar-refractivity contribution is 7.10. The lowest BCUT2D eigenvalue weighted by Crippen LogP contribution is -2.51. The Kier molecular flexibility index (Phi) is 8.47. The number of hydrogen-bond acceptors (Lipinski definition) is 7. The molecule has 2 aromatic carbocycles. The van der Waals surface area contributed by atoms with Gasteiger partial charge in [0, 0.05) is 55.4 Å². The first kappa shape index (κ1) is 32.1. The largest absolute Gasteiger partial charge is 0.384 e. The number of halogens is 2. The first-order valence-electron chi connectivity index (χ1n) is 15.0. The van der Waals surface area contributed by atoms with Gasteiger partial charge in [-0.25, -0.2) is 0 Å². The number of ether oxygens (including phenoxy) is 1. The van der Waals surface area contributed by atoms with E-state index < -0.39 is 41.8 Å². The number of nitrogens with two attached hydrogens (primary N) is 1. The number of piperidine rings is 1. The van der Waals surface area contributed by atoms with Crippen LogP contribution < -0.4 is 16.4 Å². The molecule has 1 aliphatic heterocycles. The molecule has 47 heavy (non-hydrogen) atoms. The number of nitrogens with one attached hydrogen (secondary N) is 3. The van der Waals surface area contributed by atoms with Crippen molar-refractivity contribution in [2.45, 2.75) is 43.8 Å². The molecule has 1 saturated heterocycles. The van der Waals surface area contributed by atoms with Crippen LogP contribution in [-0.2, 0) is 20.2 Å². The van der Waals surface area contributed by atoms with E-state index >= 15 is 0 Å². The monoisotopic (exact) mass is 662 g/mol. The Hall–Kier alpha value is -4.85. The van der Waals surface area contributed by atoms with Gasteiger partial charge in [0.2, 0.25) is 11.8 Å². The number of nitrogen functional groups attached to an aromatic ring is 1. The zero-order chi connectivity index (χ0) is 33.5. The minimum absolute atomic E-state index is 0.0780. The van der Waals surface area contributed by atoms with Gasteiger partial charge in [-0.2, -0.15) is 8.78 Å². The quantitative estimate of drug-likeness (QED) is 0.0556. The summed E-state index contributed by atoms with van der Waals surface area (Å²) in [6.07, 6.45) is 0.956. The van der Waals surface area contributed by atoms with Gasteiger partial charge in [-0.15, -0.1) is 11.3 Å². The van der Waals surface area contributed by atoms with Crippen LogP contribution in [0.15, 0.2) is 59.0 Å². The summed E-state index contributed by atoms with van der Waals surface area (Å²) in [5.74, 6) is -4.69. The summed E-state index contributed by atoms with van der Waals surface area (Å²) in [6, 6.07) is 10.3. The third-order valence-corrected chi connectivity index (χ3v) is 10.2. The standard InChI is InChI=1S/C32H32F2N8O4S/c1-17(25-11-19(15-47-25)28(35)36)40-30(45)24-12-31(16-46-9-8-39-41-37)13-26(31)42(24)27(43)14-38-29(44)18-6-7-23-21(10-18)20-4-2-3-5-22(20)32(23,33)34/h2-7,10-11,15,17,24,26H,8-9,12-14,16H2,1H3,(H3,35,36)(H,38,44)(H,40,45)/t17?,24-,26-,31+/m0/s1. The number of carbonyl (C=O) groups is 3. The average molecular weight is 663 g/mol. The Morgan fingerprint density at radius 1 is 1.17 bits per heavy atom. The Bertz CT molecular complexity index is 1830. The Morgan fingerprint density at radius 3 is 2.68 bits per heavy atom. The molecular weight excluding hydrogens is 630 g/mol. The van der Waals surface area contributed by atoms with E-state index in [0.717, 1.165) is 4.88 Å². The molecular formula is C32H32F2N8O4S. The molecule has 12 nitrogen and oxygen atoms in total. The van der Waals surface area contributed by atoms with Crippen LogP contribution in [0.4, 0.5) is 8.78 Å². The topological polar surface area (TPSA) is 186 Å². The van der Waals surface area contributed by atoms with Gasteiger partial charge in [0.05, 0.1) is 25.8 Å². The number of amidine groups is 1. The molecule has 15 heteroatoms. The second kappa shape index (κ2) is 12.4. The lowest BCUT2D eigenvalue weighted by atomic mass is 10.00. The maximum atomic E-state index is 15.0. The molecule has 2 aliphatic carbocycles. The number of rotatable bonds is 12. The molecule has 3 aromatic rings. The predicted octanol–water partition coefficient (Wildman–Crippen LogP) is 4.45. The van der Waals surface area contributed by atoms with E-state index in [-0.39, 0.29) is 59.8 Å². The lowest BCUT2D eigenvalue weighted by molar-refractivity contribution is -0.139. The van der Waals surface area contributed by atoms with Crippen LogP contribution in [0.25, 0.3) is 21.6 Å². The summed E-state index contributed by atoms with van der Waals surface area (Å²) in [5, 5.41) is 18.4. The van der Waals surface area contributed by atoms with Crippen molar-refractivity contribution >= 4 is 34.9 Å². The van der Waals surface area contributed by atoms with Crippen LogP contribution in [0, 0.1) is 10.8 Å². The number of amides is 3. The fraction of sp³-hybridized carbons (Fsp3) is 0.375. The molecule has 5 N–H and O–H groups in total. The number of carbonyl (C=O) groups excluding carboxylic acids is 3. The van der Waals surface area contributed by atoms with E-state index in [4.69, 9.17) is 21.4 Å². The van der Waals surface area contributed by atoms with Gasteiger partial charge in [0.25, 0.3) is 11.8 Å². The molecule has 1 saturated carbocycles.